The van der Waals surface area contributed by atoms with Gasteiger partial charge in [-0.05, 0) is 43.5 Å². The minimum atomic E-state index is -0.669. The molecule has 1 aromatic carbocycles. The fourth-order valence-corrected chi connectivity index (χ4v) is 2.55. The number of nitrogens with two attached hydrogens (primary N) is 1. The van der Waals surface area contributed by atoms with E-state index in [1.54, 1.807) is 11.8 Å². The van der Waals surface area contributed by atoms with Gasteiger partial charge in [-0.1, -0.05) is 18.2 Å². The van der Waals surface area contributed by atoms with E-state index in [0.717, 1.165) is 16.8 Å². The molecule has 0 amide bonds. The summed E-state index contributed by atoms with van der Waals surface area (Å²) < 4.78 is 4.86. The first kappa shape index (κ1) is 17.0. The van der Waals surface area contributed by atoms with E-state index in [9.17, 15) is 4.79 Å². The number of carbonyl (C=O) groups is 1. The number of halogens is 1. The molecule has 0 bridgehead atoms. The maximum atomic E-state index is 12.1. The monoisotopic (exact) mass is 335 g/mol. The van der Waals surface area contributed by atoms with Gasteiger partial charge in [-0.2, -0.15) is 15.0 Å². The fraction of sp³-hybridized carbons (Fsp3) is 0.333. The number of ether oxygens (including phenoxy) is 1. The summed E-state index contributed by atoms with van der Waals surface area (Å²) in [5.41, 5.74) is 8.38. The Hall–Kier alpha value is -2.41. The maximum absolute atomic E-state index is 12.1. The molecular formula is C15H18ClN5O2. The van der Waals surface area contributed by atoms with Crippen molar-refractivity contribution in [3.05, 3.63) is 34.6 Å². The van der Waals surface area contributed by atoms with Gasteiger partial charge in [0, 0.05) is 0 Å². The molecule has 0 aliphatic heterocycles. The van der Waals surface area contributed by atoms with Crippen molar-refractivity contribution in [2.75, 3.05) is 17.7 Å². The van der Waals surface area contributed by atoms with Gasteiger partial charge in [0.1, 0.15) is 6.04 Å². The number of carbonyl (C=O) groups excluding carboxylic acids is 1. The second-order valence-corrected chi connectivity index (χ2v) is 5.41. The summed E-state index contributed by atoms with van der Waals surface area (Å²) in [6.07, 6.45) is 0. The summed E-state index contributed by atoms with van der Waals surface area (Å²) in [5.74, 6) is -0.256. The number of hydrogen-bond donors (Lipinski definition) is 1. The third kappa shape index (κ3) is 3.50. The van der Waals surface area contributed by atoms with E-state index in [4.69, 9.17) is 22.1 Å². The zero-order valence-corrected chi connectivity index (χ0v) is 14.1. The number of benzene rings is 1. The Kier molecular flexibility index (Phi) is 5.00. The minimum absolute atomic E-state index is 0.0201. The number of nitrogen functional groups attached to an aromatic ring is 1. The van der Waals surface area contributed by atoms with Gasteiger partial charge in [-0.15, -0.1) is 0 Å². The lowest BCUT2D eigenvalue weighted by atomic mass is 10.1. The normalized spacial score (nSPS) is 11.9. The molecule has 0 aliphatic carbocycles. The molecule has 1 unspecified atom stereocenters. The fourth-order valence-electron chi connectivity index (χ4n) is 2.39. The number of aromatic nitrogens is 3. The van der Waals surface area contributed by atoms with Gasteiger partial charge >= 0.3 is 5.97 Å². The van der Waals surface area contributed by atoms with Crippen molar-refractivity contribution in [3.63, 3.8) is 0 Å². The van der Waals surface area contributed by atoms with Crippen molar-refractivity contribution in [3.8, 4) is 0 Å². The first-order chi connectivity index (χ1) is 10.8. The van der Waals surface area contributed by atoms with Gasteiger partial charge in [0.05, 0.1) is 12.8 Å². The molecular weight excluding hydrogens is 318 g/mol. The largest absolute Gasteiger partial charge is 0.467 e. The Morgan fingerprint density at radius 1 is 1.26 bits per heavy atom. The van der Waals surface area contributed by atoms with Crippen LogP contribution in [0.5, 0.6) is 0 Å². The second-order valence-electron chi connectivity index (χ2n) is 5.07. The maximum Gasteiger partial charge on any atom is 0.328 e. The first-order valence-electron chi connectivity index (χ1n) is 6.95. The van der Waals surface area contributed by atoms with Crippen molar-refractivity contribution >= 4 is 35.2 Å². The lowest BCUT2D eigenvalue weighted by Crippen LogP contribution is -2.38. The molecule has 0 aliphatic rings. The number of nitrogens with zero attached hydrogens (tertiary/aromatic N) is 4. The van der Waals surface area contributed by atoms with Crippen molar-refractivity contribution in [1.29, 1.82) is 0 Å². The minimum Gasteiger partial charge on any atom is -0.467 e. The average molecular weight is 336 g/mol. The molecule has 2 rings (SSSR count). The highest BCUT2D eigenvalue weighted by Gasteiger charge is 2.29. The van der Waals surface area contributed by atoms with Gasteiger partial charge in [0.25, 0.3) is 0 Å². The van der Waals surface area contributed by atoms with Crippen LogP contribution in [0.15, 0.2) is 18.2 Å². The topological polar surface area (TPSA) is 94.2 Å². The van der Waals surface area contributed by atoms with Crippen molar-refractivity contribution in [2.24, 2.45) is 0 Å². The molecule has 0 saturated carbocycles. The number of anilines is 3. The molecule has 2 N–H and O–H groups in total. The Morgan fingerprint density at radius 3 is 2.39 bits per heavy atom. The van der Waals surface area contributed by atoms with E-state index in [1.165, 1.54) is 7.11 Å². The lowest BCUT2D eigenvalue weighted by Gasteiger charge is -2.30. The predicted octanol–water partition coefficient (Wildman–Crippen LogP) is 2.42. The Labute approximate surface area is 139 Å². The molecule has 7 nitrogen and oxygen atoms in total. The van der Waals surface area contributed by atoms with E-state index in [0.29, 0.717) is 0 Å². The first-order valence-corrected chi connectivity index (χ1v) is 7.33. The molecule has 1 atom stereocenters. The second kappa shape index (κ2) is 6.78. The van der Waals surface area contributed by atoms with E-state index >= 15 is 0 Å². The van der Waals surface area contributed by atoms with E-state index in [-0.39, 0.29) is 17.2 Å². The van der Waals surface area contributed by atoms with Crippen LogP contribution in [-0.4, -0.2) is 34.1 Å². The molecule has 8 heteroatoms. The average Bonchev–Trinajstić information content (AvgIpc) is 2.48. The smallest absolute Gasteiger partial charge is 0.328 e. The van der Waals surface area contributed by atoms with Gasteiger partial charge < -0.3 is 10.5 Å². The van der Waals surface area contributed by atoms with Crippen LogP contribution >= 0.6 is 11.6 Å². The summed E-state index contributed by atoms with van der Waals surface area (Å²) in [6, 6.07) is 5.14. The predicted molar refractivity (Wildman–Crippen MR) is 88.8 cm³/mol. The van der Waals surface area contributed by atoms with Crippen LogP contribution in [0.3, 0.4) is 0 Å². The molecule has 0 radical (unpaired) electrons. The zero-order valence-electron chi connectivity index (χ0n) is 13.4. The molecule has 2 aromatic rings. The van der Waals surface area contributed by atoms with Crippen LogP contribution in [0.2, 0.25) is 5.28 Å². The third-order valence-electron chi connectivity index (χ3n) is 3.44. The Balaban J connectivity index is 2.67. The van der Waals surface area contributed by atoms with Crippen LogP contribution in [0.25, 0.3) is 0 Å². The summed E-state index contributed by atoms with van der Waals surface area (Å²) in [7, 11) is 1.33. The van der Waals surface area contributed by atoms with Crippen LogP contribution in [-0.2, 0) is 9.53 Å². The van der Waals surface area contributed by atoms with Crippen LogP contribution in [0, 0.1) is 13.8 Å². The molecule has 1 heterocycles. The number of aryl methyl sites for hydroxylation is 2. The molecule has 122 valence electrons. The van der Waals surface area contributed by atoms with Crippen molar-refractivity contribution < 1.29 is 9.53 Å². The van der Waals surface area contributed by atoms with Crippen molar-refractivity contribution in [1.82, 2.24) is 15.0 Å². The van der Waals surface area contributed by atoms with E-state index < -0.39 is 12.0 Å². The highest BCUT2D eigenvalue weighted by atomic mass is 35.5. The van der Waals surface area contributed by atoms with Crippen LogP contribution in [0.1, 0.15) is 18.1 Å². The number of hydrogen-bond acceptors (Lipinski definition) is 7. The number of rotatable bonds is 4. The van der Waals surface area contributed by atoms with Gasteiger partial charge in [-0.25, -0.2) is 4.79 Å². The van der Waals surface area contributed by atoms with E-state index in [1.807, 2.05) is 32.0 Å². The SMILES string of the molecule is COC(=O)C(C)N(c1nc(N)nc(Cl)n1)c1c(C)cccc1C. The summed E-state index contributed by atoms with van der Waals surface area (Å²) in [5, 5.41) is -0.0409. The molecule has 0 saturated heterocycles. The summed E-state index contributed by atoms with van der Waals surface area (Å²) in [4.78, 5) is 25.7. The van der Waals surface area contributed by atoms with Gasteiger partial charge in [0.15, 0.2) is 0 Å². The van der Waals surface area contributed by atoms with Crippen LogP contribution < -0.4 is 10.6 Å². The third-order valence-corrected chi connectivity index (χ3v) is 3.61. The molecule has 0 spiro atoms. The van der Waals surface area contributed by atoms with E-state index in [2.05, 4.69) is 15.0 Å². The highest BCUT2D eigenvalue weighted by molar-refractivity contribution is 6.28. The lowest BCUT2D eigenvalue weighted by molar-refractivity contribution is -0.141. The highest BCUT2D eigenvalue weighted by Crippen LogP contribution is 2.32. The number of methoxy groups -OCH3 is 1. The Bertz CT molecular complexity index is 697. The molecule has 0 fully saturated rings. The van der Waals surface area contributed by atoms with Crippen LogP contribution in [0.4, 0.5) is 17.6 Å². The van der Waals surface area contributed by atoms with Gasteiger partial charge in [-0.3, -0.25) is 4.90 Å². The molecule has 23 heavy (non-hydrogen) atoms. The quantitative estimate of drug-likeness (QED) is 0.857. The Morgan fingerprint density at radius 2 is 1.87 bits per heavy atom. The number of esters is 1. The zero-order chi connectivity index (χ0) is 17.1. The summed E-state index contributed by atoms with van der Waals surface area (Å²) in [6.45, 7) is 5.57. The summed E-state index contributed by atoms with van der Waals surface area (Å²) >= 11 is 5.89. The standard InChI is InChI=1S/C15H18ClN5O2/c1-8-6-5-7-9(2)11(8)21(10(3)12(22)23-4)15-19-13(16)18-14(17)20-15/h5-7,10H,1-4H3,(H2,17,18,19,20). The van der Waals surface area contributed by atoms with Crippen molar-refractivity contribution in [2.45, 2.75) is 26.8 Å². The number of para-hydroxylation sites is 1. The van der Waals surface area contributed by atoms with Gasteiger partial charge in [0.2, 0.25) is 17.2 Å². The molecule has 1 aromatic heterocycles.